The summed E-state index contributed by atoms with van der Waals surface area (Å²) in [5, 5.41) is 9.06. The summed E-state index contributed by atoms with van der Waals surface area (Å²) >= 11 is 0. The molecule has 5 heteroatoms. The summed E-state index contributed by atoms with van der Waals surface area (Å²) in [6.07, 6.45) is 6.25. The summed E-state index contributed by atoms with van der Waals surface area (Å²) in [6, 6.07) is 0.344. The van der Waals surface area contributed by atoms with Gasteiger partial charge in [-0.25, -0.2) is 4.98 Å². The molecule has 1 aromatic heterocycles. The van der Waals surface area contributed by atoms with Gasteiger partial charge < -0.3 is 9.52 Å². The maximum atomic E-state index is 11.0. The van der Waals surface area contributed by atoms with Gasteiger partial charge in [0.15, 0.2) is 0 Å². The fourth-order valence-electron chi connectivity index (χ4n) is 2.66. The van der Waals surface area contributed by atoms with E-state index >= 15 is 0 Å². The summed E-state index contributed by atoms with van der Waals surface area (Å²) in [4.78, 5) is 17.3. The molecule has 1 aromatic rings. The van der Waals surface area contributed by atoms with Crippen LogP contribution in [0.3, 0.4) is 0 Å². The highest BCUT2D eigenvalue weighted by Crippen LogP contribution is 2.26. The Labute approximate surface area is 120 Å². The van der Waals surface area contributed by atoms with E-state index in [1.54, 1.807) is 6.20 Å². The predicted octanol–water partition coefficient (Wildman–Crippen LogP) is 2.80. The smallest absolute Gasteiger partial charge is 0.317 e. The molecule has 0 bridgehead atoms. The summed E-state index contributed by atoms with van der Waals surface area (Å²) in [6.45, 7) is 6.75. The Balaban J connectivity index is 2.06. The summed E-state index contributed by atoms with van der Waals surface area (Å²) in [7, 11) is 0. The van der Waals surface area contributed by atoms with Gasteiger partial charge in [-0.1, -0.05) is 33.6 Å². The summed E-state index contributed by atoms with van der Waals surface area (Å²) < 4.78 is 5.77. The lowest BCUT2D eigenvalue weighted by atomic mass is 9.94. The molecule has 0 aliphatic heterocycles. The van der Waals surface area contributed by atoms with Gasteiger partial charge in [0.25, 0.3) is 0 Å². The molecular formula is C15H24N2O3. The van der Waals surface area contributed by atoms with Crippen molar-refractivity contribution < 1.29 is 14.3 Å². The lowest BCUT2D eigenvalue weighted by molar-refractivity contribution is -0.139. The van der Waals surface area contributed by atoms with E-state index in [0.29, 0.717) is 18.5 Å². The van der Waals surface area contributed by atoms with E-state index in [4.69, 9.17) is 9.52 Å². The van der Waals surface area contributed by atoms with Crippen molar-refractivity contribution in [3.8, 4) is 0 Å². The van der Waals surface area contributed by atoms with Gasteiger partial charge >= 0.3 is 5.97 Å². The van der Waals surface area contributed by atoms with Crippen LogP contribution < -0.4 is 0 Å². The van der Waals surface area contributed by atoms with Gasteiger partial charge in [-0.3, -0.25) is 9.69 Å². The molecule has 1 aliphatic rings. The second-order valence-electron chi connectivity index (χ2n) is 6.61. The molecule has 0 unspecified atom stereocenters. The van der Waals surface area contributed by atoms with Gasteiger partial charge in [0.2, 0.25) is 5.89 Å². The van der Waals surface area contributed by atoms with Gasteiger partial charge in [0.05, 0.1) is 19.3 Å². The van der Waals surface area contributed by atoms with Gasteiger partial charge in [0, 0.05) is 11.5 Å². The molecule has 0 saturated heterocycles. The topological polar surface area (TPSA) is 66.6 Å². The third-order valence-corrected chi connectivity index (χ3v) is 3.81. The number of aromatic nitrogens is 1. The number of carboxylic acids is 1. The van der Waals surface area contributed by atoms with E-state index in [-0.39, 0.29) is 12.0 Å². The number of hydrogen-bond donors (Lipinski definition) is 1. The average molecular weight is 280 g/mol. The SMILES string of the molecule is CC(C)(C)c1cnc(CN(CC(=O)O)C2CCCC2)o1. The van der Waals surface area contributed by atoms with Crippen molar-refractivity contribution in [3.05, 3.63) is 17.8 Å². The van der Waals surface area contributed by atoms with Gasteiger partial charge in [-0.2, -0.15) is 0 Å². The lowest BCUT2D eigenvalue weighted by Gasteiger charge is -2.25. The monoisotopic (exact) mass is 280 g/mol. The molecule has 1 saturated carbocycles. The maximum absolute atomic E-state index is 11.0. The fraction of sp³-hybridized carbons (Fsp3) is 0.733. The zero-order chi connectivity index (χ0) is 14.8. The molecule has 1 fully saturated rings. The number of oxazole rings is 1. The molecule has 1 aliphatic carbocycles. The van der Waals surface area contributed by atoms with Crippen LogP contribution in [0.4, 0.5) is 0 Å². The summed E-state index contributed by atoms with van der Waals surface area (Å²) in [5.74, 6) is 0.664. The lowest BCUT2D eigenvalue weighted by Crippen LogP contribution is -2.37. The first-order valence-electron chi connectivity index (χ1n) is 7.27. The molecule has 20 heavy (non-hydrogen) atoms. The molecule has 1 heterocycles. The Morgan fingerprint density at radius 3 is 2.60 bits per heavy atom. The molecule has 0 radical (unpaired) electrons. The first-order valence-corrected chi connectivity index (χ1v) is 7.27. The Kier molecular flexibility index (Phi) is 4.48. The molecule has 0 spiro atoms. The minimum absolute atomic E-state index is 0.0535. The van der Waals surface area contributed by atoms with Crippen molar-refractivity contribution in [2.75, 3.05) is 6.54 Å². The Bertz CT molecular complexity index is 456. The Morgan fingerprint density at radius 1 is 1.45 bits per heavy atom. The average Bonchev–Trinajstić information content (AvgIpc) is 2.97. The van der Waals surface area contributed by atoms with Crippen LogP contribution in [0.15, 0.2) is 10.6 Å². The quantitative estimate of drug-likeness (QED) is 0.898. The van der Waals surface area contributed by atoms with E-state index in [2.05, 4.69) is 25.8 Å². The van der Waals surface area contributed by atoms with E-state index in [1.807, 2.05) is 4.90 Å². The molecule has 0 aromatic carbocycles. The number of aliphatic carboxylic acids is 1. The van der Waals surface area contributed by atoms with E-state index in [0.717, 1.165) is 18.6 Å². The van der Waals surface area contributed by atoms with E-state index < -0.39 is 5.97 Å². The third kappa shape index (κ3) is 3.82. The zero-order valence-electron chi connectivity index (χ0n) is 12.6. The Morgan fingerprint density at radius 2 is 2.10 bits per heavy atom. The van der Waals surface area contributed by atoms with Gasteiger partial charge in [-0.15, -0.1) is 0 Å². The highest BCUT2D eigenvalue weighted by atomic mass is 16.4. The minimum Gasteiger partial charge on any atom is -0.480 e. The number of carboxylic acid groups (broad SMARTS) is 1. The van der Waals surface area contributed by atoms with Crippen LogP contribution in [-0.2, 0) is 16.8 Å². The third-order valence-electron chi connectivity index (χ3n) is 3.81. The molecule has 112 valence electrons. The maximum Gasteiger partial charge on any atom is 0.317 e. The standard InChI is InChI=1S/C15H24N2O3/c1-15(2,3)12-8-16-13(20-12)9-17(10-14(18)19)11-6-4-5-7-11/h8,11H,4-7,9-10H2,1-3H3,(H,18,19). The van der Waals surface area contributed by atoms with Crippen LogP contribution >= 0.6 is 0 Å². The van der Waals surface area contributed by atoms with Crippen LogP contribution in [-0.4, -0.2) is 33.5 Å². The first-order chi connectivity index (χ1) is 9.36. The fourth-order valence-corrected chi connectivity index (χ4v) is 2.66. The molecule has 0 amide bonds. The second kappa shape index (κ2) is 5.95. The number of carbonyl (C=O) groups is 1. The molecule has 1 N–H and O–H groups in total. The highest BCUT2D eigenvalue weighted by Gasteiger charge is 2.26. The molecular weight excluding hydrogens is 256 g/mol. The zero-order valence-corrected chi connectivity index (χ0v) is 12.6. The normalized spacial score (nSPS) is 17.0. The second-order valence-corrected chi connectivity index (χ2v) is 6.61. The number of nitrogens with zero attached hydrogens (tertiary/aromatic N) is 2. The van der Waals surface area contributed by atoms with Crippen molar-refractivity contribution in [2.24, 2.45) is 0 Å². The van der Waals surface area contributed by atoms with Gasteiger partial charge in [-0.05, 0) is 12.8 Å². The van der Waals surface area contributed by atoms with Crippen molar-refractivity contribution in [2.45, 2.75) is 64.5 Å². The van der Waals surface area contributed by atoms with E-state index in [9.17, 15) is 4.79 Å². The van der Waals surface area contributed by atoms with Crippen LogP contribution in [0.25, 0.3) is 0 Å². The van der Waals surface area contributed by atoms with E-state index in [1.165, 1.54) is 12.8 Å². The molecule has 0 atom stereocenters. The minimum atomic E-state index is -0.792. The molecule has 2 rings (SSSR count). The van der Waals surface area contributed by atoms with Crippen LogP contribution in [0.2, 0.25) is 0 Å². The van der Waals surface area contributed by atoms with Gasteiger partial charge in [0.1, 0.15) is 5.76 Å². The summed E-state index contributed by atoms with van der Waals surface area (Å²) in [5.41, 5.74) is -0.0732. The van der Waals surface area contributed by atoms with Crippen molar-refractivity contribution >= 4 is 5.97 Å². The van der Waals surface area contributed by atoms with Crippen molar-refractivity contribution in [1.82, 2.24) is 9.88 Å². The first kappa shape index (κ1) is 15.0. The van der Waals surface area contributed by atoms with Crippen LogP contribution in [0, 0.1) is 0 Å². The number of rotatable bonds is 5. The number of hydrogen-bond acceptors (Lipinski definition) is 4. The van der Waals surface area contributed by atoms with Crippen LogP contribution in [0.5, 0.6) is 0 Å². The largest absolute Gasteiger partial charge is 0.480 e. The highest BCUT2D eigenvalue weighted by molar-refractivity contribution is 5.69. The Hall–Kier alpha value is -1.36. The predicted molar refractivity (Wildman–Crippen MR) is 75.5 cm³/mol. The molecule has 5 nitrogen and oxygen atoms in total. The van der Waals surface area contributed by atoms with Crippen molar-refractivity contribution in [3.63, 3.8) is 0 Å². The van der Waals surface area contributed by atoms with Crippen molar-refractivity contribution in [1.29, 1.82) is 0 Å². The van der Waals surface area contributed by atoms with Crippen LogP contribution in [0.1, 0.15) is 58.1 Å².